The molecule has 0 radical (unpaired) electrons. The summed E-state index contributed by atoms with van der Waals surface area (Å²) in [4.78, 5) is 2.67. The molecular weight excluding hydrogens is 184 g/mol. The number of nitrogens with one attached hydrogen (secondary N) is 1. The molecule has 2 heteroatoms. The summed E-state index contributed by atoms with van der Waals surface area (Å²) in [5.74, 6) is 0. The monoisotopic (exact) mass is 210 g/mol. The zero-order chi connectivity index (χ0) is 10.7. The molecule has 2 heterocycles. The number of piperidine rings is 2. The fraction of sp³-hybridized carbons (Fsp3) is 1.00. The fourth-order valence-corrected chi connectivity index (χ4v) is 3.09. The number of hydrogen-bond acceptors (Lipinski definition) is 2. The maximum Gasteiger partial charge on any atom is 0.0195 e. The van der Waals surface area contributed by atoms with Gasteiger partial charge in [-0.3, -0.25) is 0 Å². The van der Waals surface area contributed by atoms with E-state index in [1.165, 1.54) is 58.3 Å². The second kappa shape index (κ2) is 4.84. The maximum atomic E-state index is 3.65. The van der Waals surface area contributed by atoms with Crippen LogP contribution in [-0.2, 0) is 0 Å². The Bertz CT molecular complexity index is 195. The summed E-state index contributed by atoms with van der Waals surface area (Å²) in [5, 5.41) is 3.65. The van der Waals surface area contributed by atoms with Gasteiger partial charge in [-0.2, -0.15) is 0 Å². The molecule has 0 spiro atoms. The van der Waals surface area contributed by atoms with E-state index in [9.17, 15) is 0 Å². The molecule has 2 fully saturated rings. The minimum absolute atomic E-state index is 0.549. The molecule has 2 saturated heterocycles. The average Bonchev–Trinajstić information content (AvgIpc) is 2.17. The molecule has 0 aromatic rings. The maximum absolute atomic E-state index is 3.65. The van der Waals surface area contributed by atoms with Crippen molar-refractivity contribution in [1.82, 2.24) is 10.2 Å². The van der Waals surface area contributed by atoms with Crippen LogP contribution in [0.3, 0.4) is 0 Å². The van der Waals surface area contributed by atoms with Gasteiger partial charge in [-0.1, -0.05) is 20.3 Å². The zero-order valence-corrected chi connectivity index (χ0v) is 10.4. The molecule has 1 unspecified atom stereocenters. The standard InChI is InChI=1S/C13H26N2/c1-13(2)7-5-9-15(11-13)10-12-6-3-4-8-14-12/h12,14H,3-11H2,1-2H3. The topological polar surface area (TPSA) is 15.3 Å². The van der Waals surface area contributed by atoms with Crippen molar-refractivity contribution in [3.05, 3.63) is 0 Å². The highest BCUT2D eigenvalue weighted by molar-refractivity contribution is 4.83. The smallest absolute Gasteiger partial charge is 0.0195 e. The second-order valence-electron chi connectivity index (χ2n) is 6.15. The molecular formula is C13H26N2. The summed E-state index contributed by atoms with van der Waals surface area (Å²) in [6.07, 6.45) is 6.98. The van der Waals surface area contributed by atoms with Gasteiger partial charge in [0.25, 0.3) is 0 Å². The molecule has 0 aromatic heterocycles. The molecule has 0 aromatic carbocycles. The Morgan fingerprint density at radius 2 is 2.13 bits per heavy atom. The Labute approximate surface area is 94.4 Å². The van der Waals surface area contributed by atoms with E-state index in [0.717, 1.165) is 6.04 Å². The van der Waals surface area contributed by atoms with Crippen LogP contribution in [0.15, 0.2) is 0 Å². The first-order chi connectivity index (χ1) is 7.16. The minimum Gasteiger partial charge on any atom is -0.313 e. The molecule has 1 N–H and O–H groups in total. The summed E-state index contributed by atoms with van der Waals surface area (Å²) >= 11 is 0. The van der Waals surface area contributed by atoms with E-state index < -0.39 is 0 Å². The average molecular weight is 210 g/mol. The normalized spacial score (nSPS) is 32.8. The summed E-state index contributed by atoms with van der Waals surface area (Å²) in [6.45, 7) is 9.96. The predicted octanol–water partition coefficient (Wildman–Crippen LogP) is 2.25. The highest BCUT2D eigenvalue weighted by Crippen LogP contribution is 2.28. The van der Waals surface area contributed by atoms with Crippen molar-refractivity contribution in [2.45, 2.75) is 52.0 Å². The summed E-state index contributed by atoms with van der Waals surface area (Å²) < 4.78 is 0. The Morgan fingerprint density at radius 1 is 1.27 bits per heavy atom. The van der Waals surface area contributed by atoms with Gasteiger partial charge in [0, 0.05) is 19.1 Å². The largest absolute Gasteiger partial charge is 0.313 e. The van der Waals surface area contributed by atoms with E-state index in [1.54, 1.807) is 0 Å². The Kier molecular flexibility index (Phi) is 3.68. The van der Waals surface area contributed by atoms with Gasteiger partial charge >= 0.3 is 0 Å². The fourth-order valence-electron chi connectivity index (χ4n) is 3.09. The lowest BCUT2D eigenvalue weighted by Gasteiger charge is -2.40. The molecule has 0 aliphatic carbocycles. The van der Waals surface area contributed by atoms with Gasteiger partial charge in [0.2, 0.25) is 0 Å². The van der Waals surface area contributed by atoms with Crippen LogP contribution in [0.5, 0.6) is 0 Å². The minimum atomic E-state index is 0.549. The van der Waals surface area contributed by atoms with Gasteiger partial charge in [-0.25, -0.2) is 0 Å². The first-order valence-electron chi connectivity index (χ1n) is 6.61. The van der Waals surface area contributed by atoms with Crippen LogP contribution < -0.4 is 5.32 Å². The third-order valence-electron chi connectivity index (χ3n) is 3.87. The van der Waals surface area contributed by atoms with E-state index in [-0.39, 0.29) is 0 Å². The molecule has 0 bridgehead atoms. The van der Waals surface area contributed by atoms with Crippen molar-refractivity contribution in [3.8, 4) is 0 Å². The van der Waals surface area contributed by atoms with Gasteiger partial charge < -0.3 is 10.2 Å². The molecule has 2 rings (SSSR count). The summed E-state index contributed by atoms with van der Waals surface area (Å²) in [6, 6.07) is 0.771. The van der Waals surface area contributed by atoms with Crippen LogP contribution in [0.25, 0.3) is 0 Å². The molecule has 2 aliphatic rings. The Hall–Kier alpha value is -0.0800. The van der Waals surface area contributed by atoms with Crippen molar-refractivity contribution >= 4 is 0 Å². The summed E-state index contributed by atoms with van der Waals surface area (Å²) in [5.41, 5.74) is 0.549. The van der Waals surface area contributed by atoms with Crippen LogP contribution in [0.1, 0.15) is 46.0 Å². The first-order valence-corrected chi connectivity index (χ1v) is 6.61. The van der Waals surface area contributed by atoms with Crippen molar-refractivity contribution < 1.29 is 0 Å². The molecule has 15 heavy (non-hydrogen) atoms. The zero-order valence-electron chi connectivity index (χ0n) is 10.4. The highest BCUT2D eigenvalue weighted by atomic mass is 15.2. The lowest BCUT2D eigenvalue weighted by molar-refractivity contribution is 0.103. The third-order valence-corrected chi connectivity index (χ3v) is 3.87. The third kappa shape index (κ3) is 3.46. The number of likely N-dealkylation sites (tertiary alicyclic amines) is 1. The SMILES string of the molecule is CC1(C)CCCN(CC2CCCCN2)C1. The van der Waals surface area contributed by atoms with Crippen molar-refractivity contribution in [2.75, 3.05) is 26.2 Å². The van der Waals surface area contributed by atoms with Crippen molar-refractivity contribution in [2.24, 2.45) is 5.41 Å². The van der Waals surface area contributed by atoms with Gasteiger partial charge in [0.1, 0.15) is 0 Å². The van der Waals surface area contributed by atoms with Gasteiger partial charge in [-0.05, 0) is 44.2 Å². The molecule has 2 nitrogen and oxygen atoms in total. The lowest BCUT2D eigenvalue weighted by Crippen LogP contribution is -2.48. The molecule has 88 valence electrons. The van der Waals surface area contributed by atoms with Gasteiger partial charge in [0.15, 0.2) is 0 Å². The number of hydrogen-bond donors (Lipinski definition) is 1. The molecule has 0 amide bonds. The summed E-state index contributed by atoms with van der Waals surface area (Å²) in [7, 11) is 0. The van der Waals surface area contributed by atoms with E-state index in [0.29, 0.717) is 5.41 Å². The number of rotatable bonds is 2. The van der Waals surface area contributed by atoms with Crippen molar-refractivity contribution in [1.29, 1.82) is 0 Å². The quantitative estimate of drug-likeness (QED) is 0.752. The van der Waals surface area contributed by atoms with Gasteiger partial charge in [-0.15, -0.1) is 0 Å². The van der Waals surface area contributed by atoms with Crippen LogP contribution in [0.2, 0.25) is 0 Å². The van der Waals surface area contributed by atoms with E-state index >= 15 is 0 Å². The van der Waals surface area contributed by atoms with Crippen LogP contribution in [-0.4, -0.2) is 37.1 Å². The van der Waals surface area contributed by atoms with E-state index in [2.05, 4.69) is 24.1 Å². The van der Waals surface area contributed by atoms with Crippen molar-refractivity contribution in [3.63, 3.8) is 0 Å². The highest BCUT2D eigenvalue weighted by Gasteiger charge is 2.27. The lowest BCUT2D eigenvalue weighted by atomic mass is 9.84. The Balaban J connectivity index is 1.78. The van der Waals surface area contributed by atoms with Gasteiger partial charge in [0.05, 0.1) is 0 Å². The predicted molar refractivity (Wildman–Crippen MR) is 65.1 cm³/mol. The van der Waals surface area contributed by atoms with Crippen LogP contribution in [0, 0.1) is 5.41 Å². The first kappa shape index (κ1) is 11.4. The Morgan fingerprint density at radius 3 is 2.80 bits per heavy atom. The molecule has 2 aliphatic heterocycles. The molecule has 1 atom stereocenters. The molecule has 0 saturated carbocycles. The van der Waals surface area contributed by atoms with E-state index in [4.69, 9.17) is 0 Å². The second-order valence-corrected chi connectivity index (χ2v) is 6.15. The van der Waals surface area contributed by atoms with Crippen LogP contribution >= 0.6 is 0 Å². The van der Waals surface area contributed by atoms with E-state index in [1.807, 2.05) is 0 Å². The van der Waals surface area contributed by atoms with Crippen LogP contribution in [0.4, 0.5) is 0 Å². The number of nitrogens with zero attached hydrogens (tertiary/aromatic N) is 1.